The third kappa shape index (κ3) is 4.64. The van der Waals surface area contributed by atoms with Crippen molar-refractivity contribution in [2.24, 2.45) is 0 Å². The molecule has 0 saturated heterocycles. The first kappa shape index (κ1) is 17.6. The molecule has 0 unspecified atom stereocenters. The molecule has 3 aromatic rings. The molecular weight excluding hydrogens is 346 g/mol. The van der Waals surface area contributed by atoms with E-state index in [1.165, 1.54) is 11.3 Å². The van der Waals surface area contributed by atoms with E-state index in [9.17, 15) is 9.59 Å². The smallest absolute Gasteiger partial charge is 0.273 e. The summed E-state index contributed by atoms with van der Waals surface area (Å²) < 4.78 is 0. The Morgan fingerprint density at radius 2 is 1.77 bits per heavy atom. The highest BCUT2D eigenvalue weighted by atomic mass is 32.1. The maximum atomic E-state index is 12.6. The van der Waals surface area contributed by atoms with Crippen molar-refractivity contribution in [1.82, 2.24) is 10.3 Å². The highest BCUT2D eigenvalue weighted by molar-refractivity contribution is 7.13. The van der Waals surface area contributed by atoms with Crippen LogP contribution in [0, 0.1) is 6.92 Å². The minimum atomic E-state index is -0.427. The third-order valence-electron chi connectivity index (χ3n) is 3.57. The van der Waals surface area contributed by atoms with Crippen LogP contribution in [0.4, 0.5) is 5.13 Å². The molecule has 130 valence electrons. The predicted molar refractivity (Wildman–Crippen MR) is 104 cm³/mol. The summed E-state index contributed by atoms with van der Waals surface area (Å²) in [5.74, 6) is -0.772. The largest absolute Gasteiger partial charge is 0.317 e. The van der Waals surface area contributed by atoms with Gasteiger partial charge >= 0.3 is 0 Å². The van der Waals surface area contributed by atoms with E-state index in [-0.39, 0.29) is 11.6 Å². The number of carbonyl (C=O) groups excluding carboxylic acids is 2. The van der Waals surface area contributed by atoms with Gasteiger partial charge < -0.3 is 5.32 Å². The highest BCUT2D eigenvalue weighted by Gasteiger charge is 2.15. The number of aryl methyl sites for hydroxylation is 1. The average Bonchev–Trinajstić information content (AvgIpc) is 3.15. The van der Waals surface area contributed by atoms with Crippen LogP contribution in [-0.2, 0) is 4.79 Å². The van der Waals surface area contributed by atoms with E-state index in [1.807, 2.05) is 49.4 Å². The normalized spacial score (nSPS) is 11.0. The molecule has 2 amide bonds. The summed E-state index contributed by atoms with van der Waals surface area (Å²) in [6.07, 6.45) is 3.24. The van der Waals surface area contributed by atoms with Gasteiger partial charge in [-0.15, -0.1) is 11.3 Å². The van der Waals surface area contributed by atoms with Crippen LogP contribution in [0.15, 0.2) is 71.9 Å². The summed E-state index contributed by atoms with van der Waals surface area (Å²) in [6, 6.07) is 16.5. The van der Waals surface area contributed by atoms with Crippen molar-refractivity contribution in [3.05, 3.63) is 88.6 Å². The molecule has 0 atom stereocenters. The van der Waals surface area contributed by atoms with Gasteiger partial charge in [-0.05, 0) is 30.7 Å². The molecule has 0 aliphatic carbocycles. The summed E-state index contributed by atoms with van der Waals surface area (Å²) in [5.41, 5.74) is 2.50. The lowest BCUT2D eigenvalue weighted by Crippen LogP contribution is -2.30. The average molecular weight is 363 g/mol. The van der Waals surface area contributed by atoms with Gasteiger partial charge in [0.15, 0.2) is 5.13 Å². The number of nitrogens with zero attached hydrogens (tertiary/aromatic N) is 1. The lowest BCUT2D eigenvalue weighted by molar-refractivity contribution is -0.113. The number of aromatic nitrogens is 1. The Bertz CT molecular complexity index is 917. The molecule has 0 bridgehead atoms. The molecule has 0 fully saturated rings. The van der Waals surface area contributed by atoms with Gasteiger partial charge in [0.2, 0.25) is 0 Å². The number of carbonyl (C=O) groups is 2. The first-order valence-electron chi connectivity index (χ1n) is 7.97. The topological polar surface area (TPSA) is 71.1 Å². The number of anilines is 1. The van der Waals surface area contributed by atoms with Gasteiger partial charge in [-0.25, -0.2) is 4.98 Å². The van der Waals surface area contributed by atoms with Crippen LogP contribution in [0.25, 0.3) is 6.08 Å². The second-order valence-electron chi connectivity index (χ2n) is 5.58. The second-order valence-corrected chi connectivity index (χ2v) is 6.47. The first-order valence-corrected chi connectivity index (χ1v) is 8.85. The predicted octanol–water partition coefficient (Wildman–Crippen LogP) is 3.86. The summed E-state index contributed by atoms with van der Waals surface area (Å²) in [6.45, 7) is 1.95. The van der Waals surface area contributed by atoms with Crippen LogP contribution >= 0.6 is 11.3 Å². The lowest BCUT2D eigenvalue weighted by atomic mass is 10.1. The SMILES string of the molecule is Cc1ccc(C(=O)NC(=Cc2ccccc2)C(=O)Nc2nccs2)cc1. The lowest BCUT2D eigenvalue weighted by Gasteiger charge is -2.10. The van der Waals surface area contributed by atoms with Gasteiger partial charge in [-0.3, -0.25) is 14.9 Å². The summed E-state index contributed by atoms with van der Waals surface area (Å²) >= 11 is 1.31. The van der Waals surface area contributed by atoms with Gasteiger partial charge in [0, 0.05) is 17.1 Å². The molecular formula is C20H17N3O2S. The molecule has 1 aromatic heterocycles. The van der Waals surface area contributed by atoms with Gasteiger partial charge in [-0.1, -0.05) is 48.0 Å². The monoisotopic (exact) mass is 363 g/mol. The molecule has 2 aromatic carbocycles. The Labute approximate surface area is 155 Å². The molecule has 0 saturated carbocycles. The minimum Gasteiger partial charge on any atom is -0.317 e. The molecule has 5 nitrogen and oxygen atoms in total. The van der Waals surface area contributed by atoms with Crippen LogP contribution in [-0.4, -0.2) is 16.8 Å². The number of thiazole rings is 1. The van der Waals surface area contributed by atoms with Crippen LogP contribution in [0.2, 0.25) is 0 Å². The van der Waals surface area contributed by atoms with E-state index in [0.29, 0.717) is 10.7 Å². The first-order chi connectivity index (χ1) is 12.6. The van der Waals surface area contributed by atoms with E-state index in [0.717, 1.165) is 11.1 Å². The van der Waals surface area contributed by atoms with Crippen molar-refractivity contribution in [2.45, 2.75) is 6.92 Å². The minimum absolute atomic E-state index is 0.150. The fourth-order valence-corrected chi connectivity index (χ4v) is 2.75. The molecule has 0 spiro atoms. The fraction of sp³-hybridized carbons (Fsp3) is 0.0500. The Kier molecular flexibility index (Phi) is 5.56. The molecule has 6 heteroatoms. The number of hydrogen-bond acceptors (Lipinski definition) is 4. The van der Waals surface area contributed by atoms with Gasteiger partial charge in [0.1, 0.15) is 5.70 Å². The Morgan fingerprint density at radius 1 is 1.04 bits per heavy atom. The van der Waals surface area contributed by atoms with Crippen LogP contribution in [0.5, 0.6) is 0 Å². The number of benzene rings is 2. The molecule has 0 aliphatic rings. The third-order valence-corrected chi connectivity index (χ3v) is 4.26. The van der Waals surface area contributed by atoms with Crippen molar-refractivity contribution in [2.75, 3.05) is 5.32 Å². The Balaban J connectivity index is 1.84. The van der Waals surface area contributed by atoms with Crippen molar-refractivity contribution in [3.8, 4) is 0 Å². The van der Waals surface area contributed by atoms with Crippen LogP contribution in [0.3, 0.4) is 0 Å². The molecule has 3 rings (SSSR count). The van der Waals surface area contributed by atoms with Crippen molar-refractivity contribution < 1.29 is 9.59 Å². The fourth-order valence-electron chi connectivity index (χ4n) is 2.22. The van der Waals surface area contributed by atoms with Crippen molar-refractivity contribution >= 4 is 34.4 Å². The second kappa shape index (κ2) is 8.22. The number of rotatable bonds is 5. The van der Waals surface area contributed by atoms with Gasteiger partial charge in [0.05, 0.1) is 0 Å². The zero-order chi connectivity index (χ0) is 18.4. The summed E-state index contributed by atoms with van der Waals surface area (Å²) in [5, 5.41) is 7.63. The Hall–Kier alpha value is -3.25. The summed E-state index contributed by atoms with van der Waals surface area (Å²) in [4.78, 5) is 29.2. The van der Waals surface area contributed by atoms with Gasteiger partial charge in [-0.2, -0.15) is 0 Å². The quantitative estimate of drug-likeness (QED) is 0.676. The van der Waals surface area contributed by atoms with Gasteiger partial charge in [0.25, 0.3) is 11.8 Å². The maximum absolute atomic E-state index is 12.6. The molecule has 0 radical (unpaired) electrons. The van der Waals surface area contributed by atoms with Crippen molar-refractivity contribution in [1.29, 1.82) is 0 Å². The Morgan fingerprint density at radius 3 is 2.42 bits per heavy atom. The molecule has 1 heterocycles. The summed E-state index contributed by atoms with van der Waals surface area (Å²) in [7, 11) is 0. The molecule has 2 N–H and O–H groups in total. The molecule has 0 aliphatic heterocycles. The van der Waals surface area contributed by atoms with Crippen LogP contribution in [0.1, 0.15) is 21.5 Å². The van der Waals surface area contributed by atoms with Crippen LogP contribution < -0.4 is 10.6 Å². The van der Waals surface area contributed by atoms with E-state index >= 15 is 0 Å². The van der Waals surface area contributed by atoms with E-state index < -0.39 is 5.91 Å². The number of nitrogens with one attached hydrogen (secondary N) is 2. The highest BCUT2D eigenvalue weighted by Crippen LogP contribution is 2.13. The zero-order valence-corrected chi connectivity index (χ0v) is 14.9. The number of amides is 2. The zero-order valence-electron chi connectivity index (χ0n) is 14.1. The van der Waals surface area contributed by atoms with Crippen molar-refractivity contribution in [3.63, 3.8) is 0 Å². The van der Waals surface area contributed by atoms with E-state index in [1.54, 1.807) is 29.8 Å². The standard InChI is InChI=1S/C20H17N3O2S/c1-14-7-9-16(10-8-14)18(24)22-17(13-15-5-3-2-4-6-15)19(25)23-20-21-11-12-26-20/h2-13H,1H3,(H,22,24)(H,21,23,25). The maximum Gasteiger partial charge on any atom is 0.273 e. The van der Waals surface area contributed by atoms with E-state index in [4.69, 9.17) is 0 Å². The molecule has 26 heavy (non-hydrogen) atoms. The van der Waals surface area contributed by atoms with E-state index in [2.05, 4.69) is 15.6 Å². The number of hydrogen-bond donors (Lipinski definition) is 2.